The van der Waals surface area contributed by atoms with E-state index in [0.29, 0.717) is 0 Å². The zero-order valence-electron chi connectivity index (χ0n) is 13.9. The summed E-state index contributed by atoms with van der Waals surface area (Å²) in [6.07, 6.45) is 3.74. The maximum Gasteiger partial charge on any atom is 0.335 e. The molecule has 0 radical (unpaired) electrons. The Kier molecular flexibility index (Phi) is 4.07. The summed E-state index contributed by atoms with van der Waals surface area (Å²) in [5.74, 6) is -0.929. The van der Waals surface area contributed by atoms with Gasteiger partial charge in [-0.2, -0.15) is 0 Å². The first-order valence-corrected chi connectivity index (χ1v) is 8.25. The minimum atomic E-state index is -0.929. The van der Waals surface area contributed by atoms with E-state index in [1.165, 1.54) is 5.39 Å². The molecule has 0 aliphatic carbocycles. The summed E-state index contributed by atoms with van der Waals surface area (Å²) in [7, 11) is 0. The molecule has 0 unspecified atom stereocenters. The minimum absolute atomic E-state index is 0.271. The molecule has 4 heteroatoms. The number of carbonyl (C=O) groups is 1. The standard InChI is InChI=1S/C22H16N2O2/c25-22(26)17-8-11-20(12-9-17)24-13-3-6-21(24)15-23-19-10-7-16-4-1-2-5-18(16)14-19/h1-15H,(H,25,26). The van der Waals surface area contributed by atoms with Gasteiger partial charge in [0.05, 0.1) is 23.2 Å². The van der Waals surface area contributed by atoms with Gasteiger partial charge >= 0.3 is 5.97 Å². The fraction of sp³-hybridized carbons (Fsp3) is 0. The number of hydrogen-bond acceptors (Lipinski definition) is 2. The normalized spacial score (nSPS) is 11.2. The van der Waals surface area contributed by atoms with Crippen molar-refractivity contribution >= 4 is 28.6 Å². The van der Waals surface area contributed by atoms with Crippen LogP contribution in [0.2, 0.25) is 0 Å². The van der Waals surface area contributed by atoms with Crippen molar-refractivity contribution in [3.05, 3.63) is 96.3 Å². The first kappa shape index (κ1) is 15.8. The van der Waals surface area contributed by atoms with Gasteiger partial charge in [-0.05, 0) is 59.3 Å². The van der Waals surface area contributed by atoms with Crippen LogP contribution < -0.4 is 0 Å². The lowest BCUT2D eigenvalue weighted by Crippen LogP contribution is -2.00. The van der Waals surface area contributed by atoms with E-state index in [9.17, 15) is 4.79 Å². The third-order valence-corrected chi connectivity index (χ3v) is 4.25. The Morgan fingerprint density at radius 1 is 0.885 bits per heavy atom. The molecular weight excluding hydrogens is 324 g/mol. The monoisotopic (exact) mass is 340 g/mol. The maximum atomic E-state index is 11.0. The molecule has 0 saturated heterocycles. The summed E-state index contributed by atoms with van der Waals surface area (Å²) in [5.41, 5.74) is 2.96. The lowest BCUT2D eigenvalue weighted by atomic mass is 10.1. The van der Waals surface area contributed by atoms with Crippen LogP contribution in [0, 0.1) is 0 Å². The van der Waals surface area contributed by atoms with Crippen LogP contribution in [0.3, 0.4) is 0 Å². The average Bonchev–Trinajstić information content (AvgIpc) is 3.15. The molecule has 4 aromatic rings. The van der Waals surface area contributed by atoms with Gasteiger partial charge in [-0.15, -0.1) is 0 Å². The van der Waals surface area contributed by atoms with Gasteiger partial charge in [0.2, 0.25) is 0 Å². The summed E-state index contributed by atoms with van der Waals surface area (Å²) in [6, 6.07) is 25.0. The minimum Gasteiger partial charge on any atom is -0.478 e. The highest BCUT2D eigenvalue weighted by atomic mass is 16.4. The van der Waals surface area contributed by atoms with Gasteiger partial charge in [0.25, 0.3) is 0 Å². The highest BCUT2D eigenvalue weighted by molar-refractivity contribution is 5.88. The number of nitrogens with zero attached hydrogens (tertiary/aromatic N) is 2. The fourth-order valence-corrected chi connectivity index (χ4v) is 2.90. The number of aliphatic imine (C=N–C) groups is 1. The van der Waals surface area contributed by atoms with E-state index in [1.807, 2.05) is 47.3 Å². The Labute approximate surface area is 150 Å². The predicted molar refractivity (Wildman–Crippen MR) is 104 cm³/mol. The van der Waals surface area contributed by atoms with Crippen LogP contribution in [0.1, 0.15) is 16.1 Å². The van der Waals surface area contributed by atoms with Gasteiger partial charge in [0.15, 0.2) is 0 Å². The molecule has 0 atom stereocenters. The number of rotatable bonds is 4. The topological polar surface area (TPSA) is 54.6 Å². The van der Waals surface area contributed by atoms with Crippen molar-refractivity contribution in [2.75, 3.05) is 0 Å². The molecule has 126 valence electrons. The van der Waals surface area contributed by atoms with Crippen molar-refractivity contribution in [1.82, 2.24) is 4.57 Å². The van der Waals surface area contributed by atoms with E-state index in [0.717, 1.165) is 22.5 Å². The van der Waals surface area contributed by atoms with Gasteiger partial charge in [0, 0.05) is 11.9 Å². The van der Waals surface area contributed by atoms with Crippen molar-refractivity contribution in [2.45, 2.75) is 0 Å². The number of benzene rings is 3. The van der Waals surface area contributed by atoms with Crippen LogP contribution in [-0.4, -0.2) is 21.9 Å². The Hall–Kier alpha value is -3.66. The van der Waals surface area contributed by atoms with E-state index in [2.05, 4.69) is 29.3 Å². The first-order chi connectivity index (χ1) is 12.7. The zero-order valence-corrected chi connectivity index (χ0v) is 13.9. The Morgan fingerprint density at radius 2 is 1.65 bits per heavy atom. The lowest BCUT2D eigenvalue weighted by Gasteiger charge is -2.06. The summed E-state index contributed by atoms with van der Waals surface area (Å²) < 4.78 is 1.97. The molecular formula is C22H16N2O2. The lowest BCUT2D eigenvalue weighted by molar-refractivity contribution is 0.0697. The number of fused-ring (bicyclic) bond motifs is 1. The molecule has 4 nitrogen and oxygen atoms in total. The van der Waals surface area contributed by atoms with Crippen molar-refractivity contribution in [3.8, 4) is 5.69 Å². The molecule has 1 N–H and O–H groups in total. The number of aromatic carboxylic acids is 1. The van der Waals surface area contributed by atoms with Crippen LogP contribution in [0.5, 0.6) is 0 Å². The Balaban J connectivity index is 1.63. The third kappa shape index (κ3) is 3.13. The molecule has 0 saturated carbocycles. The van der Waals surface area contributed by atoms with Crippen LogP contribution >= 0.6 is 0 Å². The van der Waals surface area contributed by atoms with Crippen LogP contribution in [0.25, 0.3) is 16.5 Å². The zero-order chi connectivity index (χ0) is 17.9. The molecule has 26 heavy (non-hydrogen) atoms. The average molecular weight is 340 g/mol. The van der Waals surface area contributed by atoms with Gasteiger partial charge in [0.1, 0.15) is 0 Å². The molecule has 0 aliphatic heterocycles. The fourth-order valence-electron chi connectivity index (χ4n) is 2.90. The SMILES string of the molecule is O=C(O)c1ccc(-n2cccc2C=Nc2ccc3ccccc3c2)cc1. The van der Waals surface area contributed by atoms with Gasteiger partial charge in [-0.1, -0.05) is 30.3 Å². The number of carboxylic acids is 1. The van der Waals surface area contributed by atoms with E-state index < -0.39 is 5.97 Å². The number of carboxylic acid groups (broad SMARTS) is 1. The molecule has 1 aromatic heterocycles. The van der Waals surface area contributed by atoms with Crippen molar-refractivity contribution in [1.29, 1.82) is 0 Å². The number of hydrogen-bond donors (Lipinski definition) is 1. The van der Waals surface area contributed by atoms with Gasteiger partial charge in [-0.25, -0.2) is 4.79 Å². The van der Waals surface area contributed by atoms with E-state index in [-0.39, 0.29) is 5.56 Å². The van der Waals surface area contributed by atoms with Crippen molar-refractivity contribution in [2.24, 2.45) is 4.99 Å². The summed E-state index contributed by atoms with van der Waals surface area (Å²) in [5, 5.41) is 11.4. The largest absolute Gasteiger partial charge is 0.478 e. The summed E-state index contributed by atoms with van der Waals surface area (Å²) >= 11 is 0. The van der Waals surface area contributed by atoms with E-state index in [4.69, 9.17) is 5.11 Å². The maximum absolute atomic E-state index is 11.0. The smallest absolute Gasteiger partial charge is 0.335 e. The van der Waals surface area contributed by atoms with Crippen LogP contribution in [-0.2, 0) is 0 Å². The first-order valence-electron chi connectivity index (χ1n) is 8.25. The van der Waals surface area contributed by atoms with Crippen LogP contribution in [0.15, 0.2) is 90.1 Å². The van der Waals surface area contributed by atoms with Gasteiger partial charge in [-0.3, -0.25) is 4.99 Å². The number of aromatic nitrogens is 1. The molecule has 0 spiro atoms. The molecule has 0 aliphatic rings. The third-order valence-electron chi connectivity index (χ3n) is 4.25. The second kappa shape index (κ2) is 6.69. The second-order valence-electron chi connectivity index (χ2n) is 5.94. The Morgan fingerprint density at radius 3 is 2.42 bits per heavy atom. The molecule has 0 bridgehead atoms. The molecule has 3 aromatic carbocycles. The highest BCUT2D eigenvalue weighted by Crippen LogP contribution is 2.21. The van der Waals surface area contributed by atoms with Crippen LogP contribution in [0.4, 0.5) is 5.69 Å². The summed E-state index contributed by atoms with van der Waals surface area (Å²) in [6.45, 7) is 0. The van der Waals surface area contributed by atoms with Gasteiger partial charge < -0.3 is 9.67 Å². The molecule has 4 rings (SSSR count). The van der Waals surface area contributed by atoms with E-state index >= 15 is 0 Å². The molecule has 0 fully saturated rings. The van der Waals surface area contributed by atoms with E-state index in [1.54, 1.807) is 24.3 Å². The Bertz CT molecular complexity index is 1110. The second-order valence-corrected chi connectivity index (χ2v) is 5.94. The summed E-state index contributed by atoms with van der Waals surface area (Å²) in [4.78, 5) is 15.6. The molecule has 1 heterocycles. The van der Waals surface area contributed by atoms with Crippen molar-refractivity contribution < 1.29 is 9.90 Å². The predicted octanol–water partition coefficient (Wildman–Crippen LogP) is 5.08. The molecule has 0 amide bonds. The highest BCUT2D eigenvalue weighted by Gasteiger charge is 2.05. The quantitative estimate of drug-likeness (QED) is 0.527. The van der Waals surface area contributed by atoms with Crippen molar-refractivity contribution in [3.63, 3.8) is 0 Å².